The number of Topliss-reactive ketones (excluding diaryl/α,β-unsaturated/α-hetero) is 2. The van der Waals surface area contributed by atoms with Crippen LogP contribution in [-0.4, -0.2) is 34.3 Å². The topological polar surface area (TPSA) is 83.6 Å². The minimum Gasteiger partial charge on any atom is -0.346 e. The van der Waals surface area contributed by atoms with Crippen molar-refractivity contribution in [3.05, 3.63) is 69.7 Å². The van der Waals surface area contributed by atoms with Crippen molar-refractivity contribution in [3.63, 3.8) is 0 Å². The average molecular weight is 478 g/mol. The Bertz CT molecular complexity index is 1270. The molecule has 1 heterocycles. The lowest BCUT2D eigenvalue weighted by Gasteiger charge is -2.25. The van der Waals surface area contributed by atoms with Crippen molar-refractivity contribution >= 4 is 35.0 Å². The SMILES string of the molecule is [2H]C1([2H])CCC([2H])(N2Cc3cc(CNC(=O)C(F)(F)c4ccc(Cl)cc4)ccc3C2=O)C(=O)CC1=O. The van der Waals surface area contributed by atoms with Gasteiger partial charge in [0.2, 0.25) is 0 Å². The molecule has 172 valence electrons. The molecule has 0 bridgehead atoms. The van der Waals surface area contributed by atoms with E-state index in [1.165, 1.54) is 30.3 Å². The van der Waals surface area contributed by atoms with E-state index in [0.29, 0.717) is 11.1 Å². The summed E-state index contributed by atoms with van der Waals surface area (Å²) in [6, 6.07) is 6.92. The number of amides is 2. The summed E-state index contributed by atoms with van der Waals surface area (Å²) in [4.78, 5) is 50.9. The first-order chi connectivity index (χ1) is 16.8. The van der Waals surface area contributed by atoms with Crippen LogP contribution in [0.1, 0.15) is 56.8 Å². The van der Waals surface area contributed by atoms with E-state index in [9.17, 15) is 28.0 Å². The largest absolute Gasteiger partial charge is 0.349 e. The van der Waals surface area contributed by atoms with Crippen LogP contribution in [-0.2, 0) is 33.4 Å². The number of carbonyl (C=O) groups is 4. The number of nitrogens with one attached hydrogen (secondary N) is 1. The minimum atomic E-state index is -3.80. The van der Waals surface area contributed by atoms with Crippen molar-refractivity contribution in [1.82, 2.24) is 10.2 Å². The zero-order valence-electron chi connectivity index (χ0n) is 20.3. The van der Waals surface area contributed by atoms with Gasteiger partial charge >= 0.3 is 5.92 Å². The fourth-order valence-corrected chi connectivity index (χ4v) is 3.97. The van der Waals surface area contributed by atoms with Crippen LogP contribution in [0.4, 0.5) is 8.78 Å². The van der Waals surface area contributed by atoms with Gasteiger partial charge in [-0.15, -0.1) is 0 Å². The van der Waals surface area contributed by atoms with E-state index < -0.39 is 53.7 Å². The standard InChI is InChI=1S/C24H21ClF2N2O4/c25-17-7-5-16(6-8-17)24(26,27)23(33)28-12-14-4-9-19-15(10-14)13-29(22(19)32)20-3-1-2-18(30)11-21(20)31/h4-10,20H,1-3,11-13H2,(H,28,33)/i2D2,20D. The zero-order chi connectivity index (χ0) is 26.5. The number of carbonyl (C=O) groups excluding carboxylic acids is 4. The Morgan fingerprint density at radius 1 is 1.21 bits per heavy atom. The lowest BCUT2D eigenvalue weighted by Crippen LogP contribution is -2.41. The Hall–Kier alpha value is -3.13. The molecule has 0 spiro atoms. The maximum Gasteiger partial charge on any atom is 0.349 e. The van der Waals surface area contributed by atoms with Gasteiger partial charge in [-0.2, -0.15) is 8.78 Å². The summed E-state index contributed by atoms with van der Waals surface area (Å²) < 4.78 is 53.3. The third-order valence-electron chi connectivity index (χ3n) is 5.57. The number of fused-ring (bicyclic) bond motifs is 1. The molecule has 1 aliphatic heterocycles. The third kappa shape index (κ3) is 4.66. The highest BCUT2D eigenvalue weighted by Gasteiger charge is 2.41. The normalized spacial score (nSPS) is 23.9. The third-order valence-corrected chi connectivity index (χ3v) is 5.82. The Kier molecular flexibility index (Phi) is 5.29. The molecule has 2 aromatic carbocycles. The Morgan fingerprint density at radius 2 is 1.94 bits per heavy atom. The predicted octanol–water partition coefficient (Wildman–Crippen LogP) is 3.78. The van der Waals surface area contributed by atoms with Gasteiger partial charge in [0.1, 0.15) is 5.78 Å². The fourth-order valence-electron chi connectivity index (χ4n) is 3.84. The van der Waals surface area contributed by atoms with Gasteiger partial charge in [0, 0.05) is 38.4 Å². The highest BCUT2D eigenvalue weighted by Crippen LogP contribution is 2.31. The van der Waals surface area contributed by atoms with Crippen LogP contribution in [0.15, 0.2) is 42.5 Å². The molecule has 1 saturated carbocycles. The Balaban J connectivity index is 1.48. The molecule has 0 radical (unpaired) electrons. The summed E-state index contributed by atoms with van der Waals surface area (Å²) >= 11 is 5.71. The lowest BCUT2D eigenvalue weighted by atomic mass is 10.1. The van der Waals surface area contributed by atoms with Gasteiger partial charge in [0.25, 0.3) is 11.8 Å². The Morgan fingerprint density at radius 3 is 2.67 bits per heavy atom. The fraction of sp³-hybridized carbons (Fsp3) is 0.333. The molecule has 0 aromatic heterocycles. The summed E-state index contributed by atoms with van der Waals surface area (Å²) in [7, 11) is 0. The number of halogens is 3. The van der Waals surface area contributed by atoms with Gasteiger partial charge < -0.3 is 10.2 Å². The van der Waals surface area contributed by atoms with Gasteiger partial charge in [0.05, 0.1) is 13.8 Å². The van der Waals surface area contributed by atoms with Crippen molar-refractivity contribution in [2.45, 2.75) is 50.7 Å². The number of ketones is 2. The van der Waals surface area contributed by atoms with Crippen molar-refractivity contribution in [2.75, 3.05) is 0 Å². The van der Waals surface area contributed by atoms with Crippen molar-refractivity contribution in [2.24, 2.45) is 0 Å². The van der Waals surface area contributed by atoms with Crippen LogP contribution >= 0.6 is 11.6 Å². The van der Waals surface area contributed by atoms with Crippen molar-refractivity contribution in [3.8, 4) is 0 Å². The van der Waals surface area contributed by atoms with Crippen LogP contribution in [0.2, 0.25) is 5.02 Å². The smallest absolute Gasteiger partial charge is 0.346 e. The van der Waals surface area contributed by atoms with Gasteiger partial charge in [-0.3, -0.25) is 19.2 Å². The summed E-state index contributed by atoms with van der Waals surface area (Å²) in [6.07, 6.45) is -3.75. The van der Waals surface area contributed by atoms with Crippen LogP contribution in [0.25, 0.3) is 0 Å². The molecule has 1 aliphatic carbocycles. The molecule has 0 saturated heterocycles. The minimum absolute atomic E-state index is 0.149. The number of hydrogen-bond donors (Lipinski definition) is 1. The number of rotatable bonds is 5. The second kappa shape index (κ2) is 9.02. The first-order valence-corrected chi connectivity index (χ1v) is 10.6. The number of benzene rings is 2. The van der Waals surface area contributed by atoms with E-state index in [4.69, 9.17) is 15.7 Å². The molecule has 2 aromatic rings. The molecular formula is C24H21ClF2N2O4. The van der Waals surface area contributed by atoms with Crippen LogP contribution in [0.5, 0.6) is 0 Å². The van der Waals surface area contributed by atoms with Crippen LogP contribution < -0.4 is 5.32 Å². The first-order valence-electron chi connectivity index (χ1n) is 11.7. The molecule has 33 heavy (non-hydrogen) atoms. The van der Waals surface area contributed by atoms with E-state index in [2.05, 4.69) is 5.32 Å². The van der Waals surface area contributed by atoms with Crippen molar-refractivity contribution < 1.29 is 32.1 Å². The first kappa shape index (κ1) is 19.3. The quantitative estimate of drug-likeness (QED) is 0.524. The monoisotopic (exact) mass is 477 g/mol. The summed E-state index contributed by atoms with van der Waals surface area (Å²) in [5.41, 5.74) is 0.529. The number of hydrogen-bond acceptors (Lipinski definition) is 4. The summed E-state index contributed by atoms with van der Waals surface area (Å²) in [6.45, 7) is -0.410. The van der Waals surface area contributed by atoms with E-state index in [-0.39, 0.29) is 36.5 Å². The zero-order valence-corrected chi connectivity index (χ0v) is 18.0. The predicted molar refractivity (Wildman–Crippen MR) is 116 cm³/mol. The molecule has 6 nitrogen and oxygen atoms in total. The molecule has 1 fully saturated rings. The second-order valence-corrected chi connectivity index (χ2v) is 8.23. The number of nitrogens with zero attached hydrogens (tertiary/aromatic N) is 1. The molecule has 2 aliphatic rings. The van der Waals surface area contributed by atoms with E-state index in [0.717, 1.165) is 17.0 Å². The van der Waals surface area contributed by atoms with E-state index in [1.807, 2.05) is 0 Å². The van der Waals surface area contributed by atoms with Gasteiger partial charge in [-0.25, -0.2) is 0 Å². The van der Waals surface area contributed by atoms with Gasteiger partial charge in [0.15, 0.2) is 5.78 Å². The molecule has 1 N–H and O–H groups in total. The Labute approximate surface area is 198 Å². The molecular weight excluding hydrogens is 454 g/mol. The van der Waals surface area contributed by atoms with Crippen molar-refractivity contribution in [1.29, 1.82) is 0 Å². The molecule has 4 rings (SSSR count). The highest BCUT2D eigenvalue weighted by atomic mass is 35.5. The highest BCUT2D eigenvalue weighted by molar-refractivity contribution is 6.30. The number of alkyl halides is 2. The average Bonchev–Trinajstić information content (AvgIpc) is 3.13. The maximum absolute atomic E-state index is 14.5. The summed E-state index contributed by atoms with van der Waals surface area (Å²) in [5.74, 6) is -7.70. The second-order valence-electron chi connectivity index (χ2n) is 7.79. The molecule has 1 atom stereocenters. The van der Waals surface area contributed by atoms with Gasteiger partial charge in [-0.1, -0.05) is 35.9 Å². The maximum atomic E-state index is 14.5. The molecule has 2 amide bonds. The van der Waals surface area contributed by atoms with E-state index >= 15 is 0 Å². The van der Waals surface area contributed by atoms with Crippen LogP contribution in [0, 0.1) is 0 Å². The van der Waals surface area contributed by atoms with Crippen LogP contribution in [0.3, 0.4) is 0 Å². The van der Waals surface area contributed by atoms with Gasteiger partial charge in [-0.05, 0) is 42.2 Å². The molecule has 1 unspecified atom stereocenters. The van der Waals surface area contributed by atoms with E-state index in [1.54, 1.807) is 0 Å². The summed E-state index contributed by atoms with van der Waals surface area (Å²) in [5, 5.41) is 2.43. The lowest BCUT2D eigenvalue weighted by molar-refractivity contribution is -0.147. The molecule has 9 heteroatoms.